The number of rotatable bonds is 3. The first kappa shape index (κ1) is 12.4. The fourth-order valence-electron chi connectivity index (χ4n) is 2.41. The topological polar surface area (TPSA) is 48.1 Å². The maximum atomic E-state index is 5.96. The monoisotopic (exact) mass is 234 g/mol. The van der Waals surface area contributed by atoms with E-state index in [-0.39, 0.29) is 6.04 Å². The van der Waals surface area contributed by atoms with Gasteiger partial charge in [0.25, 0.3) is 0 Å². The van der Waals surface area contributed by atoms with Crippen molar-refractivity contribution in [2.75, 3.05) is 0 Å². The predicted octanol–water partition coefficient (Wildman–Crippen LogP) is 3.06. The highest BCUT2D eigenvalue weighted by atomic mass is 16.5. The Hall–Kier alpha value is -1.09. The maximum Gasteiger partial charge on any atom is 0.138 e. The largest absolute Gasteiger partial charge is 0.489 e. The van der Waals surface area contributed by atoms with Crippen molar-refractivity contribution in [2.24, 2.45) is 11.7 Å². The quantitative estimate of drug-likeness (QED) is 0.874. The van der Waals surface area contributed by atoms with Gasteiger partial charge in [0, 0.05) is 6.04 Å². The molecule has 1 aliphatic carbocycles. The van der Waals surface area contributed by atoms with Gasteiger partial charge in [-0.15, -0.1) is 0 Å². The molecule has 3 heteroatoms. The molecule has 0 radical (unpaired) electrons. The molecule has 0 saturated heterocycles. The fraction of sp³-hybridized carbons (Fsp3) is 0.643. The van der Waals surface area contributed by atoms with Crippen LogP contribution in [0, 0.1) is 5.92 Å². The third kappa shape index (κ3) is 3.43. The molecular formula is C14H22N2O. The lowest BCUT2D eigenvalue weighted by Crippen LogP contribution is -2.24. The van der Waals surface area contributed by atoms with Crippen molar-refractivity contribution in [3.63, 3.8) is 0 Å². The molecule has 3 atom stereocenters. The van der Waals surface area contributed by atoms with Crippen molar-refractivity contribution in [1.29, 1.82) is 0 Å². The molecule has 0 spiro atoms. The van der Waals surface area contributed by atoms with Crippen LogP contribution in [0.25, 0.3) is 0 Å². The van der Waals surface area contributed by atoms with Crippen LogP contribution >= 0.6 is 0 Å². The summed E-state index contributed by atoms with van der Waals surface area (Å²) in [6.45, 7) is 4.23. The van der Waals surface area contributed by atoms with Crippen LogP contribution in [0.3, 0.4) is 0 Å². The van der Waals surface area contributed by atoms with Crippen molar-refractivity contribution in [3.05, 3.63) is 24.0 Å². The van der Waals surface area contributed by atoms with Crippen molar-refractivity contribution in [1.82, 2.24) is 4.98 Å². The Morgan fingerprint density at radius 2 is 2.24 bits per heavy atom. The van der Waals surface area contributed by atoms with Gasteiger partial charge in [-0.25, -0.2) is 0 Å². The van der Waals surface area contributed by atoms with Crippen LogP contribution in [0.15, 0.2) is 18.3 Å². The van der Waals surface area contributed by atoms with Gasteiger partial charge in [-0.1, -0.05) is 13.3 Å². The van der Waals surface area contributed by atoms with Crippen LogP contribution in [0.5, 0.6) is 5.75 Å². The predicted molar refractivity (Wildman–Crippen MR) is 68.9 cm³/mol. The van der Waals surface area contributed by atoms with Crippen molar-refractivity contribution < 1.29 is 4.74 Å². The molecule has 0 aromatic carbocycles. The molecule has 2 unspecified atom stereocenters. The molecule has 1 fully saturated rings. The zero-order valence-corrected chi connectivity index (χ0v) is 10.7. The Labute approximate surface area is 103 Å². The first-order valence-corrected chi connectivity index (χ1v) is 6.53. The van der Waals surface area contributed by atoms with E-state index in [9.17, 15) is 0 Å². The van der Waals surface area contributed by atoms with Crippen molar-refractivity contribution in [3.8, 4) is 5.75 Å². The summed E-state index contributed by atoms with van der Waals surface area (Å²) in [6.07, 6.45) is 7.09. The minimum Gasteiger partial charge on any atom is -0.489 e. The van der Waals surface area contributed by atoms with E-state index >= 15 is 0 Å². The molecule has 1 aromatic rings. The first-order chi connectivity index (χ1) is 8.15. The second-order valence-electron chi connectivity index (χ2n) is 5.22. The van der Waals surface area contributed by atoms with Gasteiger partial charge in [-0.3, -0.25) is 4.98 Å². The van der Waals surface area contributed by atoms with Crippen LogP contribution in [0.2, 0.25) is 0 Å². The van der Waals surface area contributed by atoms with Crippen LogP contribution in [-0.4, -0.2) is 11.1 Å². The van der Waals surface area contributed by atoms with E-state index in [1.807, 2.05) is 19.1 Å². The number of hydrogen-bond donors (Lipinski definition) is 1. The Balaban J connectivity index is 1.94. The van der Waals surface area contributed by atoms with E-state index < -0.39 is 0 Å². The Morgan fingerprint density at radius 1 is 1.41 bits per heavy atom. The van der Waals surface area contributed by atoms with Crippen molar-refractivity contribution >= 4 is 0 Å². The lowest BCUT2D eigenvalue weighted by molar-refractivity contribution is 0.128. The van der Waals surface area contributed by atoms with Crippen LogP contribution in [0.1, 0.15) is 51.3 Å². The second kappa shape index (κ2) is 5.50. The maximum absolute atomic E-state index is 5.96. The highest BCUT2D eigenvalue weighted by molar-refractivity contribution is 5.21. The Bertz CT molecular complexity index is 348. The molecule has 0 amide bonds. The molecule has 94 valence electrons. The molecule has 1 aliphatic rings. The molecular weight excluding hydrogens is 212 g/mol. The summed E-state index contributed by atoms with van der Waals surface area (Å²) in [5.74, 6) is 1.65. The van der Waals surface area contributed by atoms with Gasteiger partial charge in [0.1, 0.15) is 5.75 Å². The standard InChI is InChI=1S/C14H22N2O/c1-10-4-3-5-12(8-10)17-13-6-7-14(11(2)15)16-9-13/h6-7,9-12H,3-5,8,15H2,1-2H3/t10?,11-,12?/m1/s1. The lowest BCUT2D eigenvalue weighted by atomic mass is 9.89. The van der Waals surface area contributed by atoms with E-state index in [4.69, 9.17) is 10.5 Å². The summed E-state index contributed by atoms with van der Waals surface area (Å²) >= 11 is 0. The molecule has 1 aromatic heterocycles. The lowest BCUT2D eigenvalue weighted by Gasteiger charge is -2.27. The zero-order valence-electron chi connectivity index (χ0n) is 10.7. The third-order valence-corrected chi connectivity index (χ3v) is 3.42. The molecule has 0 aliphatic heterocycles. The summed E-state index contributed by atoms with van der Waals surface area (Å²) in [5, 5.41) is 0. The van der Waals surface area contributed by atoms with Gasteiger partial charge in [-0.2, -0.15) is 0 Å². The highest BCUT2D eigenvalue weighted by Gasteiger charge is 2.20. The summed E-state index contributed by atoms with van der Waals surface area (Å²) in [7, 11) is 0. The SMILES string of the molecule is CC1CCCC(Oc2ccc([C@@H](C)N)nc2)C1. The van der Waals surface area contributed by atoms with Crippen LogP contribution in [-0.2, 0) is 0 Å². The van der Waals surface area contributed by atoms with Crippen LogP contribution < -0.4 is 10.5 Å². The summed E-state index contributed by atoms with van der Waals surface area (Å²) in [5.41, 5.74) is 6.67. The number of hydrogen-bond acceptors (Lipinski definition) is 3. The normalized spacial score (nSPS) is 26.5. The number of pyridine rings is 1. The second-order valence-corrected chi connectivity index (χ2v) is 5.22. The zero-order chi connectivity index (χ0) is 12.3. The molecule has 17 heavy (non-hydrogen) atoms. The molecule has 1 saturated carbocycles. The summed E-state index contributed by atoms with van der Waals surface area (Å²) in [4.78, 5) is 4.31. The minimum absolute atomic E-state index is 0.0150. The number of nitrogens with zero attached hydrogens (tertiary/aromatic N) is 1. The smallest absolute Gasteiger partial charge is 0.138 e. The van der Waals surface area contributed by atoms with Gasteiger partial charge < -0.3 is 10.5 Å². The molecule has 0 bridgehead atoms. The average molecular weight is 234 g/mol. The Morgan fingerprint density at radius 3 is 2.82 bits per heavy atom. The first-order valence-electron chi connectivity index (χ1n) is 6.53. The summed E-state index contributed by atoms with van der Waals surface area (Å²) in [6, 6.07) is 3.91. The number of nitrogens with two attached hydrogens (primary N) is 1. The molecule has 2 rings (SSSR count). The molecule has 1 heterocycles. The summed E-state index contributed by atoms with van der Waals surface area (Å²) < 4.78 is 5.96. The number of aromatic nitrogens is 1. The van der Waals surface area contributed by atoms with Crippen molar-refractivity contribution in [2.45, 2.75) is 51.7 Å². The minimum atomic E-state index is -0.0150. The van der Waals surface area contributed by atoms with Gasteiger partial charge >= 0.3 is 0 Å². The van der Waals surface area contributed by atoms with Gasteiger partial charge in [0.15, 0.2) is 0 Å². The Kier molecular flexibility index (Phi) is 4.00. The van der Waals surface area contributed by atoms with E-state index in [0.717, 1.165) is 23.8 Å². The molecule has 2 N–H and O–H groups in total. The van der Waals surface area contributed by atoms with E-state index in [1.165, 1.54) is 19.3 Å². The van der Waals surface area contributed by atoms with E-state index in [1.54, 1.807) is 6.20 Å². The fourth-order valence-corrected chi connectivity index (χ4v) is 2.41. The van der Waals surface area contributed by atoms with Crippen LogP contribution in [0.4, 0.5) is 0 Å². The third-order valence-electron chi connectivity index (χ3n) is 3.42. The van der Waals surface area contributed by atoms with Gasteiger partial charge in [0.05, 0.1) is 18.0 Å². The number of ether oxygens (including phenoxy) is 1. The highest BCUT2D eigenvalue weighted by Crippen LogP contribution is 2.27. The average Bonchev–Trinajstić information content (AvgIpc) is 2.29. The van der Waals surface area contributed by atoms with Gasteiger partial charge in [-0.05, 0) is 44.2 Å². The van der Waals surface area contributed by atoms with Gasteiger partial charge in [0.2, 0.25) is 0 Å². The van der Waals surface area contributed by atoms with E-state index in [0.29, 0.717) is 6.10 Å². The van der Waals surface area contributed by atoms with E-state index in [2.05, 4.69) is 11.9 Å². The molecule has 3 nitrogen and oxygen atoms in total.